The molecule has 0 saturated carbocycles. The monoisotopic (exact) mass is 531 g/mol. The molecule has 7 nitrogen and oxygen atoms in total. The molecule has 7 heteroatoms. The number of anilines is 1. The molecule has 1 aliphatic rings. The summed E-state index contributed by atoms with van der Waals surface area (Å²) in [6, 6.07) is 17.9. The predicted molar refractivity (Wildman–Crippen MR) is 159 cm³/mol. The number of nitrogens with zero attached hydrogens (tertiary/aromatic N) is 5. The van der Waals surface area contributed by atoms with Crippen LogP contribution < -0.4 is 9.64 Å². The van der Waals surface area contributed by atoms with Gasteiger partial charge in [-0.2, -0.15) is 5.10 Å². The first-order chi connectivity index (χ1) is 18.9. The number of piperazine rings is 1. The van der Waals surface area contributed by atoms with Gasteiger partial charge in [0.05, 0.1) is 24.5 Å². The maximum Gasteiger partial charge on any atom is 0.254 e. The van der Waals surface area contributed by atoms with E-state index in [9.17, 15) is 4.79 Å². The van der Waals surface area contributed by atoms with Gasteiger partial charge in [0, 0.05) is 43.9 Å². The van der Waals surface area contributed by atoms with E-state index < -0.39 is 0 Å². The maximum atomic E-state index is 13.9. The van der Waals surface area contributed by atoms with Crippen molar-refractivity contribution in [3.05, 3.63) is 71.4 Å². The number of aromatic nitrogens is 2. The van der Waals surface area contributed by atoms with Gasteiger partial charge in [0.1, 0.15) is 11.6 Å². The zero-order valence-electron chi connectivity index (χ0n) is 24.4. The van der Waals surface area contributed by atoms with Crippen molar-refractivity contribution in [3.8, 4) is 11.4 Å². The van der Waals surface area contributed by atoms with Crippen LogP contribution in [0.1, 0.15) is 62.2 Å². The molecule has 2 aromatic carbocycles. The van der Waals surface area contributed by atoms with Crippen LogP contribution in [0.5, 0.6) is 5.75 Å². The molecule has 0 spiro atoms. The van der Waals surface area contributed by atoms with Gasteiger partial charge in [0.2, 0.25) is 0 Å². The van der Waals surface area contributed by atoms with Crippen LogP contribution in [0.2, 0.25) is 0 Å². The molecule has 0 aliphatic carbocycles. The third-order valence-electron chi connectivity index (χ3n) is 7.37. The Kier molecular flexibility index (Phi) is 10.0. The van der Waals surface area contributed by atoms with Gasteiger partial charge in [-0.05, 0) is 62.2 Å². The van der Waals surface area contributed by atoms with E-state index in [-0.39, 0.29) is 5.91 Å². The third kappa shape index (κ3) is 7.21. The van der Waals surface area contributed by atoms with Crippen LogP contribution >= 0.6 is 0 Å². The van der Waals surface area contributed by atoms with Crippen LogP contribution in [0.3, 0.4) is 0 Å². The van der Waals surface area contributed by atoms with E-state index in [1.54, 1.807) is 0 Å². The molecular formula is C32H45N5O2. The fourth-order valence-electron chi connectivity index (χ4n) is 5.14. The van der Waals surface area contributed by atoms with Crippen molar-refractivity contribution in [1.29, 1.82) is 0 Å². The van der Waals surface area contributed by atoms with Gasteiger partial charge in [-0.1, -0.05) is 52.3 Å². The van der Waals surface area contributed by atoms with E-state index in [4.69, 9.17) is 9.84 Å². The summed E-state index contributed by atoms with van der Waals surface area (Å²) in [6.07, 6.45) is 2.12. The lowest BCUT2D eigenvalue weighted by atomic mass is 10.1. The van der Waals surface area contributed by atoms with Crippen molar-refractivity contribution >= 4 is 11.7 Å². The number of hydrogen-bond acceptors (Lipinski definition) is 5. The Bertz CT molecular complexity index is 1180. The highest BCUT2D eigenvalue weighted by Gasteiger charge is 2.28. The molecule has 0 radical (unpaired) electrons. The fourth-order valence-corrected chi connectivity index (χ4v) is 5.14. The molecule has 4 rings (SSSR count). The zero-order chi connectivity index (χ0) is 27.8. The zero-order valence-corrected chi connectivity index (χ0v) is 24.4. The predicted octanol–water partition coefficient (Wildman–Crippen LogP) is 5.80. The molecule has 1 aliphatic heterocycles. The third-order valence-corrected chi connectivity index (χ3v) is 7.37. The minimum atomic E-state index is 0.0393. The van der Waals surface area contributed by atoms with Crippen molar-refractivity contribution in [2.45, 2.75) is 54.0 Å². The normalized spacial score (nSPS) is 14.2. The number of carbonyl (C=O) groups is 1. The highest BCUT2D eigenvalue weighted by molar-refractivity contribution is 5.94. The van der Waals surface area contributed by atoms with Crippen LogP contribution in [0.15, 0.2) is 54.6 Å². The first kappa shape index (κ1) is 28.7. The second-order valence-electron chi connectivity index (χ2n) is 10.9. The molecule has 0 atom stereocenters. The van der Waals surface area contributed by atoms with E-state index in [1.165, 1.54) is 0 Å². The molecule has 1 aromatic heterocycles. The minimum Gasteiger partial charge on any atom is -0.494 e. The van der Waals surface area contributed by atoms with E-state index in [0.29, 0.717) is 31.2 Å². The Labute approximate surface area is 234 Å². The average Bonchev–Trinajstić information content (AvgIpc) is 3.28. The summed E-state index contributed by atoms with van der Waals surface area (Å²) in [4.78, 5) is 20.8. The van der Waals surface area contributed by atoms with E-state index in [1.807, 2.05) is 35.2 Å². The summed E-state index contributed by atoms with van der Waals surface area (Å²) in [6.45, 7) is 17.7. The first-order valence-electron chi connectivity index (χ1n) is 14.5. The number of likely N-dealkylation sites (N-methyl/N-ethyl adjacent to an activating group) is 1. The summed E-state index contributed by atoms with van der Waals surface area (Å²) in [5.41, 5.74) is 3.81. The number of carbonyl (C=O) groups excluding carboxylic acids is 1. The van der Waals surface area contributed by atoms with Crippen molar-refractivity contribution < 1.29 is 9.53 Å². The highest BCUT2D eigenvalue weighted by atomic mass is 16.5. The van der Waals surface area contributed by atoms with E-state index >= 15 is 0 Å². The molecule has 2 heterocycles. The van der Waals surface area contributed by atoms with Crippen molar-refractivity contribution in [3.63, 3.8) is 0 Å². The smallest absolute Gasteiger partial charge is 0.254 e. The summed E-state index contributed by atoms with van der Waals surface area (Å²) in [7, 11) is 0. The SMILES string of the molecule is CCCCOc1ccc(C(=O)N(Cc2c(C)nn(-c3ccccc3)c2N2CCN(CC)CC2)CC(C)C)cc1. The molecule has 3 aromatic rings. The lowest BCUT2D eigenvalue weighted by Gasteiger charge is -2.36. The van der Waals surface area contributed by atoms with Crippen LogP contribution in [-0.4, -0.2) is 71.4 Å². The average molecular weight is 532 g/mol. The summed E-state index contributed by atoms with van der Waals surface area (Å²) in [5.74, 6) is 2.30. The maximum absolute atomic E-state index is 13.9. The Morgan fingerprint density at radius 3 is 2.31 bits per heavy atom. The summed E-state index contributed by atoms with van der Waals surface area (Å²) < 4.78 is 7.89. The molecule has 1 amide bonds. The Hall–Kier alpha value is -3.32. The van der Waals surface area contributed by atoms with Gasteiger partial charge in [-0.25, -0.2) is 4.68 Å². The number of benzene rings is 2. The molecule has 1 fully saturated rings. The Morgan fingerprint density at radius 1 is 1.00 bits per heavy atom. The van der Waals surface area contributed by atoms with Gasteiger partial charge < -0.3 is 19.4 Å². The molecule has 1 saturated heterocycles. The highest BCUT2D eigenvalue weighted by Crippen LogP contribution is 2.30. The topological polar surface area (TPSA) is 53.8 Å². The number of amides is 1. The van der Waals surface area contributed by atoms with Crippen molar-refractivity contribution in [2.75, 3.05) is 50.8 Å². The minimum absolute atomic E-state index is 0.0393. The molecule has 210 valence electrons. The Morgan fingerprint density at radius 2 is 1.69 bits per heavy atom. The number of hydrogen-bond donors (Lipinski definition) is 0. The van der Waals surface area contributed by atoms with Crippen LogP contribution in [0, 0.1) is 12.8 Å². The quantitative estimate of drug-likeness (QED) is 0.277. The number of rotatable bonds is 12. The van der Waals surface area contributed by atoms with Gasteiger partial charge in [0.15, 0.2) is 0 Å². The second-order valence-corrected chi connectivity index (χ2v) is 10.9. The van der Waals surface area contributed by atoms with Gasteiger partial charge >= 0.3 is 0 Å². The summed E-state index contributed by atoms with van der Waals surface area (Å²) >= 11 is 0. The number of aryl methyl sites for hydroxylation is 1. The lowest BCUT2D eigenvalue weighted by molar-refractivity contribution is 0.0722. The molecule has 0 unspecified atom stereocenters. The van der Waals surface area contributed by atoms with Crippen LogP contribution in [0.4, 0.5) is 5.82 Å². The second kappa shape index (κ2) is 13.7. The van der Waals surface area contributed by atoms with Gasteiger partial charge in [0.25, 0.3) is 5.91 Å². The standard InChI is InChI=1S/C32H45N5O2/c1-6-8-22-39-29-16-14-27(15-17-29)32(38)36(23-25(3)4)24-30-26(5)33-37(28-12-10-9-11-13-28)31(30)35-20-18-34(7-2)19-21-35/h9-17,25H,6-8,18-24H2,1-5H3. The number of ether oxygens (including phenoxy) is 1. The fraction of sp³-hybridized carbons (Fsp3) is 0.500. The molecular weight excluding hydrogens is 486 g/mol. The first-order valence-corrected chi connectivity index (χ1v) is 14.5. The van der Waals surface area contributed by atoms with Gasteiger partial charge in [-0.3, -0.25) is 4.79 Å². The molecule has 0 N–H and O–H groups in total. The van der Waals surface area contributed by atoms with Crippen molar-refractivity contribution in [1.82, 2.24) is 19.6 Å². The van der Waals surface area contributed by atoms with Crippen molar-refractivity contribution in [2.24, 2.45) is 5.92 Å². The van der Waals surface area contributed by atoms with E-state index in [0.717, 1.165) is 74.1 Å². The van der Waals surface area contributed by atoms with Gasteiger partial charge in [-0.15, -0.1) is 0 Å². The molecule has 0 bridgehead atoms. The largest absolute Gasteiger partial charge is 0.494 e. The van der Waals surface area contributed by atoms with Crippen LogP contribution in [0.25, 0.3) is 5.69 Å². The Balaban J connectivity index is 1.65. The van der Waals surface area contributed by atoms with Crippen LogP contribution in [-0.2, 0) is 6.54 Å². The number of para-hydroxylation sites is 1. The molecule has 39 heavy (non-hydrogen) atoms. The number of unbranched alkanes of at least 4 members (excludes halogenated alkanes) is 1. The lowest BCUT2D eigenvalue weighted by Crippen LogP contribution is -2.47. The summed E-state index contributed by atoms with van der Waals surface area (Å²) in [5, 5.41) is 5.01. The van der Waals surface area contributed by atoms with E-state index in [2.05, 4.69) is 73.4 Å².